The van der Waals surface area contributed by atoms with Crippen LogP contribution in [0.15, 0.2) is 78.9 Å². The number of benzene rings is 3. The summed E-state index contributed by atoms with van der Waals surface area (Å²) in [6.07, 6.45) is 0. The molecule has 0 saturated carbocycles. The summed E-state index contributed by atoms with van der Waals surface area (Å²) in [4.78, 5) is 14.9. The van der Waals surface area contributed by atoms with Gasteiger partial charge in [0.2, 0.25) is 0 Å². The zero-order chi connectivity index (χ0) is 23.6. The van der Waals surface area contributed by atoms with Crippen molar-refractivity contribution in [2.75, 3.05) is 27.9 Å². The Hall–Kier alpha value is -3.35. The second-order valence-electron chi connectivity index (χ2n) is 7.77. The standard InChI is InChI=1S/C27H31NO5/c1-31-23-13-9-20(10-14-23)17-28(18-21-11-15-24(32-2)16-12-21)26(22-7-5-4-6-8-22)25(19-29)27(30)33-3/h4-16,25-26,29H,17-19H2,1-3H3/t25-,26-/m0/s1. The number of nitrogens with zero attached hydrogens (tertiary/aromatic N) is 1. The summed E-state index contributed by atoms with van der Waals surface area (Å²) in [5, 5.41) is 10.2. The molecule has 3 aromatic rings. The predicted octanol–water partition coefficient (Wildman–Crippen LogP) is 4.23. The number of aliphatic hydroxyl groups is 1. The third-order valence-corrected chi connectivity index (χ3v) is 5.71. The molecule has 33 heavy (non-hydrogen) atoms. The van der Waals surface area contributed by atoms with Crippen LogP contribution in [-0.2, 0) is 22.6 Å². The van der Waals surface area contributed by atoms with E-state index in [1.54, 1.807) is 14.2 Å². The summed E-state index contributed by atoms with van der Waals surface area (Å²) in [6.45, 7) is 0.792. The Bertz CT molecular complexity index is 940. The molecule has 0 bridgehead atoms. The van der Waals surface area contributed by atoms with Gasteiger partial charge in [0.25, 0.3) is 0 Å². The van der Waals surface area contributed by atoms with Crippen LogP contribution in [-0.4, -0.2) is 43.9 Å². The Kier molecular flexibility index (Phi) is 8.87. The number of ether oxygens (including phenoxy) is 3. The molecule has 0 aliphatic heterocycles. The maximum absolute atomic E-state index is 12.7. The third-order valence-electron chi connectivity index (χ3n) is 5.71. The monoisotopic (exact) mass is 449 g/mol. The fraction of sp³-hybridized carbons (Fsp3) is 0.296. The van der Waals surface area contributed by atoms with E-state index in [4.69, 9.17) is 14.2 Å². The molecule has 3 aromatic carbocycles. The van der Waals surface area contributed by atoms with Gasteiger partial charge in [-0.15, -0.1) is 0 Å². The highest BCUT2D eigenvalue weighted by molar-refractivity contribution is 5.73. The lowest BCUT2D eigenvalue weighted by Crippen LogP contribution is -2.38. The van der Waals surface area contributed by atoms with Crippen molar-refractivity contribution in [2.45, 2.75) is 19.1 Å². The van der Waals surface area contributed by atoms with Gasteiger partial charge in [0, 0.05) is 13.1 Å². The second kappa shape index (κ2) is 12.0. The van der Waals surface area contributed by atoms with Gasteiger partial charge < -0.3 is 19.3 Å². The number of rotatable bonds is 11. The maximum atomic E-state index is 12.7. The van der Waals surface area contributed by atoms with Gasteiger partial charge >= 0.3 is 5.97 Å². The first-order valence-corrected chi connectivity index (χ1v) is 10.8. The van der Waals surface area contributed by atoms with Crippen molar-refractivity contribution < 1.29 is 24.1 Å². The summed E-state index contributed by atoms with van der Waals surface area (Å²) in [5.74, 6) is 0.375. The molecule has 0 radical (unpaired) electrons. The largest absolute Gasteiger partial charge is 0.497 e. The molecule has 6 heteroatoms. The van der Waals surface area contributed by atoms with Gasteiger partial charge in [-0.25, -0.2) is 0 Å². The minimum absolute atomic E-state index is 0.325. The molecule has 3 rings (SSSR count). The summed E-state index contributed by atoms with van der Waals surface area (Å²) in [5.41, 5.74) is 3.06. The lowest BCUT2D eigenvalue weighted by Gasteiger charge is -2.36. The number of carbonyl (C=O) groups excluding carboxylic acids is 1. The lowest BCUT2D eigenvalue weighted by molar-refractivity contribution is -0.150. The van der Waals surface area contributed by atoms with Crippen molar-refractivity contribution >= 4 is 5.97 Å². The van der Waals surface area contributed by atoms with Crippen LogP contribution in [0.2, 0.25) is 0 Å². The highest BCUT2D eigenvalue weighted by Crippen LogP contribution is 2.33. The predicted molar refractivity (Wildman–Crippen MR) is 127 cm³/mol. The van der Waals surface area contributed by atoms with Crippen LogP contribution in [0.3, 0.4) is 0 Å². The molecular weight excluding hydrogens is 418 g/mol. The normalized spacial score (nSPS) is 12.8. The quantitative estimate of drug-likeness (QED) is 0.442. The number of esters is 1. The number of carbonyl (C=O) groups is 1. The highest BCUT2D eigenvalue weighted by Gasteiger charge is 2.34. The van der Waals surface area contributed by atoms with E-state index in [9.17, 15) is 9.90 Å². The number of hydrogen-bond donors (Lipinski definition) is 1. The van der Waals surface area contributed by atoms with Crippen molar-refractivity contribution in [1.82, 2.24) is 4.90 Å². The average molecular weight is 450 g/mol. The van der Waals surface area contributed by atoms with E-state index in [-0.39, 0.29) is 6.61 Å². The number of hydrogen-bond acceptors (Lipinski definition) is 6. The first-order valence-electron chi connectivity index (χ1n) is 10.8. The average Bonchev–Trinajstić information content (AvgIpc) is 2.87. The Morgan fingerprint density at radius 1 is 0.788 bits per heavy atom. The molecule has 1 N–H and O–H groups in total. The topological polar surface area (TPSA) is 68.2 Å². The highest BCUT2D eigenvalue weighted by atomic mass is 16.5. The van der Waals surface area contributed by atoms with Crippen LogP contribution in [0.5, 0.6) is 11.5 Å². The van der Waals surface area contributed by atoms with Crippen molar-refractivity contribution in [2.24, 2.45) is 5.92 Å². The fourth-order valence-corrected chi connectivity index (χ4v) is 3.99. The van der Waals surface area contributed by atoms with Crippen LogP contribution < -0.4 is 9.47 Å². The van der Waals surface area contributed by atoms with Crippen LogP contribution in [0.1, 0.15) is 22.7 Å². The van der Waals surface area contributed by atoms with E-state index >= 15 is 0 Å². The fourth-order valence-electron chi connectivity index (χ4n) is 3.99. The molecule has 0 saturated heterocycles. The van der Waals surface area contributed by atoms with Crippen molar-refractivity contribution in [1.29, 1.82) is 0 Å². The van der Waals surface area contributed by atoms with E-state index in [1.165, 1.54) is 7.11 Å². The van der Waals surface area contributed by atoms with Gasteiger partial charge in [0.15, 0.2) is 0 Å². The van der Waals surface area contributed by atoms with E-state index in [2.05, 4.69) is 4.90 Å². The molecule has 0 aromatic heterocycles. The molecule has 0 heterocycles. The first kappa shape index (κ1) is 24.3. The molecular formula is C27H31NO5. The molecule has 2 atom stereocenters. The van der Waals surface area contributed by atoms with Gasteiger partial charge in [-0.05, 0) is 41.0 Å². The van der Waals surface area contributed by atoms with E-state index in [0.29, 0.717) is 13.1 Å². The molecule has 0 spiro atoms. The van der Waals surface area contributed by atoms with E-state index in [0.717, 1.165) is 28.2 Å². The van der Waals surface area contributed by atoms with Crippen molar-refractivity contribution in [3.63, 3.8) is 0 Å². The molecule has 0 unspecified atom stereocenters. The molecule has 0 amide bonds. The Labute approximate surface area is 195 Å². The minimum atomic E-state index is -0.742. The van der Waals surface area contributed by atoms with Crippen molar-refractivity contribution in [3.05, 3.63) is 95.6 Å². The zero-order valence-corrected chi connectivity index (χ0v) is 19.3. The van der Waals surface area contributed by atoms with Gasteiger partial charge in [-0.2, -0.15) is 0 Å². The summed E-state index contributed by atoms with van der Waals surface area (Å²) in [6, 6.07) is 25.1. The van der Waals surface area contributed by atoms with Gasteiger partial charge in [-0.3, -0.25) is 9.69 Å². The molecule has 0 fully saturated rings. The second-order valence-corrected chi connectivity index (χ2v) is 7.77. The number of methoxy groups -OCH3 is 3. The van der Waals surface area contributed by atoms with Gasteiger partial charge in [0.1, 0.15) is 11.5 Å². The summed E-state index contributed by atoms with van der Waals surface area (Å²) < 4.78 is 15.6. The van der Waals surface area contributed by atoms with Crippen LogP contribution in [0.4, 0.5) is 0 Å². The van der Waals surface area contributed by atoms with Crippen molar-refractivity contribution in [3.8, 4) is 11.5 Å². The zero-order valence-electron chi connectivity index (χ0n) is 19.3. The smallest absolute Gasteiger partial charge is 0.312 e. The maximum Gasteiger partial charge on any atom is 0.312 e. The SMILES string of the molecule is COC(=O)[C@@H](CO)[C@H](c1ccccc1)N(Cc1ccc(OC)cc1)Cc1ccc(OC)cc1. The van der Waals surface area contributed by atoms with Crippen LogP contribution >= 0.6 is 0 Å². The molecule has 0 aliphatic rings. The first-order chi connectivity index (χ1) is 16.1. The molecule has 174 valence electrons. The Morgan fingerprint density at radius 3 is 1.67 bits per heavy atom. The minimum Gasteiger partial charge on any atom is -0.497 e. The van der Waals surface area contributed by atoms with Gasteiger partial charge in [-0.1, -0.05) is 54.6 Å². The third kappa shape index (κ3) is 6.34. The summed E-state index contributed by atoms with van der Waals surface area (Å²) >= 11 is 0. The van der Waals surface area contributed by atoms with E-state index < -0.39 is 17.9 Å². The Balaban J connectivity index is 2.03. The van der Waals surface area contributed by atoms with Gasteiger partial charge in [0.05, 0.1) is 39.9 Å². The van der Waals surface area contributed by atoms with Crippen LogP contribution in [0, 0.1) is 5.92 Å². The number of aliphatic hydroxyl groups excluding tert-OH is 1. The molecule has 6 nitrogen and oxygen atoms in total. The lowest BCUT2D eigenvalue weighted by atomic mass is 9.91. The Morgan fingerprint density at radius 2 is 1.27 bits per heavy atom. The molecule has 0 aliphatic carbocycles. The van der Waals surface area contributed by atoms with E-state index in [1.807, 2.05) is 78.9 Å². The summed E-state index contributed by atoms with van der Waals surface area (Å²) in [7, 11) is 4.63. The van der Waals surface area contributed by atoms with Crippen LogP contribution in [0.25, 0.3) is 0 Å².